The van der Waals surface area contributed by atoms with Crippen molar-refractivity contribution in [3.63, 3.8) is 0 Å². The smallest absolute Gasteiger partial charge is 0.145 e. The van der Waals surface area contributed by atoms with Crippen LogP contribution in [-0.2, 0) is 11.4 Å². The van der Waals surface area contributed by atoms with E-state index in [1.165, 1.54) is 6.07 Å². The lowest BCUT2D eigenvalue weighted by molar-refractivity contribution is 0.128. The number of rotatable bonds is 4. The summed E-state index contributed by atoms with van der Waals surface area (Å²) in [6, 6.07) is 10.6. The van der Waals surface area contributed by atoms with Crippen LogP contribution in [0.5, 0.6) is 0 Å². The summed E-state index contributed by atoms with van der Waals surface area (Å²) < 4.78 is 13.6. The van der Waals surface area contributed by atoms with Crippen molar-refractivity contribution in [3.05, 3.63) is 64.5 Å². The highest BCUT2D eigenvalue weighted by Gasteiger charge is 2.05. The Hall–Kier alpha value is -2.36. The fraction of sp³-hybridized carbons (Fsp3) is 0.235. The second-order valence-electron chi connectivity index (χ2n) is 5.14. The lowest BCUT2D eigenvalue weighted by Crippen LogP contribution is -2.03. The van der Waals surface area contributed by atoms with E-state index in [1.807, 2.05) is 39.0 Å². The first-order chi connectivity index (χ1) is 9.97. The molecule has 2 aromatic carbocycles. The zero-order valence-corrected chi connectivity index (χ0v) is 12.5. The number of halogens is 1. The van der Waals surface area contributed by atoms with E-state index in [0.717, 1.165) is 16.7 Å². The molecule has 0 saturated carbocycles. The van der Waals surface area contributed by atoms with Crippen LogP contribution in [0.2, 0.25) is 0 Å². The SMILES string of the molecule is C/C(=N\OCc1cc(C)ccc1F)c1cc(C)ccc1N. The molecule has 2 aromatic rings. The highest BCUT2D eigenvalue weighted by atomic mass is 19.1. The van der Waals surface area contributed by atoms with Crippen LogP contribution in [0.15, 0.2) is 41.6 Å². The van der Waals surface area contributed by atoms with Gasteiger partial charge in [0.05, 0.1) is 5.71 Å². The van der Waals surface area contributed by atoms with Crippen LogP contribution in [0.3, 0.4) is 0 Å². The van der Waals surface area contributed by atoms with Crippen LogP contribution >= 0.6 is 0 Å². The topological polar surface area (TPSA) is 47.6 Å². The van der Waals surface area contributed by atoms with Gasteiger partial charge in [-0.15, -0.1) is 0 Å². The quantitative estimate of drug-likeness (QED) is 0.525. The van der Waals surface area contributed by atoms with E-state index < -0.39 is 0 Å². The van der Waals surface area contributed by atoms with Crippen molar-refractivity contribution < 1.29 is 9.23 Å². The molecule has 0 heterocycles. The Bertz CT molecular complexity index is 680. The molecule has 0 fully saturated rings. The van der Waals surface area contributed by atoms with Gasteiger partial charge in [-0.05, 0) is 45.0 Å². The summed E-state index contributed by atoms with van der Waals surface area (Å²) in [7, 11) is 0. The normalized spacial score (nSPS) is 11.5. The van der Waals surface area contributed by atoms with E-state index >= 15 is 0 Å². The minimum Gasteiger partial charge on any atom is -0.398 e. The van der Waals surface area contributed by atoms with Crippen molar-refractivity contribution >= 4 is 11.4 Å². The minimum atomic E-state index is -0.288. The average Bonchev–Trinajstić information content (AvgIpc) is 2.45. The minimum absolute atomic E-state index is 0.0938. The molecule has 110 valence electrons. The molecule has 0 unspecified atom stereocenters. The van der Waals surface area contributed by atoms with Gasteiger partial charge >= 0.3 is 0 Å². The summed E-state index contributed by atoms with van der Waals surface area (Å²) in [5.74, 6) is -0.288. The molecule has 0 aliphatic heterocycles. The molecule has 0 aliphatic rings. The number of nitrogens with two attached hydrogens (primary N) is 1. The largest absolute Gasteiger partial charge is 0.398 e. The molecule has 0 atom stereocenters. The number of aryl methyl sites for hydroxylation is 2. The van der Waals surface area contributed by atoms with Gasteiger partial charge in [-0.25, -0.2) is 4.39 Å². The molecule has 3 nitrogen and oxygen atoms in total. The van der Waals surface area contributed by atoms with E-state index in [0.29, 0.717) is 17.0 Å². The average molecular weight is 286 g/mol. The highest BCUT2D eigenvalue weighted by molar-refractivity contribution is 6.02. The maximum absolute atomic E-state index is 13.6. The predicted octanol–water partition coefficient (Wildman–Crippen LogP) is 3.97. The summed E-state index contributed by atoms with van der Waals surface area (Å²) in [6.45, 7) is 5.80. The molecule has 0 saturated heterocycles. The standard InChI is InChI=1S/C17H19FN2O/c1-11-4-6-16(18)14(8-11)10-21-20-13(3)15-9-12(2)5-7-17(15)19/h4-9H,10,19H2,1-3H3/b20-13+. The van der Waals surface area contributed by atoms with E-state index in [9.17, 15) is 4.39 Å². The van der Waals surface area contributed by atoms with E-state index in [4.69, 9.17) is 10.6 Å². The van der Waals surface area contributed by atoms with Gasteiger partial charge in [0, 0.05) is 16.8 Å². The van der Waals surface area contributed by atoms with Gasteiger partial charge in [0.15, 0.2) is 0 Å². The van der Waals surface area contributed by atoms with Gasteiger partial charge in [0.2, 0.25) is 0 Å². The van der Waals surface area contributed by atoms with Gasteiger partial charge in [-0.1, -0.05) is 28.4 Å². The Morgan fingerprint density at radius 1 is 1.14 bits per heavy atom. The van der Waals surface area contributed by atoms with Gasteiger partial charge in [0.25, 0.3) is 0 Å². The summed E-state index contributed by atoms with van der Waals surface area (Å²) in [5, 5.41) is 4.03. The molecule has 0 aromatic heterocycles. The Kier molecular flexibility index (Phi) is 4.58. The Balaban J connectivity index is 2.10. The van der Waals surface area contributed by atoms with Gasteiger partial charge in [0.1, 0.15) is 12.4 Å². The van der Waals surface area contributed by atoms with Crippen LogP contribution in [0, 0.1) is 19.7 Å². The van der Waals surface area contributed by atoms with Crippen molar-refractivity contribution in [2.75, 3.05) is 5.73 Å². The van der Waals surface area contributed by atoms with Crippen molar-refractivity contribution in [2.45, 2.75) is 27.4 Å². The fourth-order valence-electron chi connectivity index (χ4n) is 2.05. The van der Waals surface area contributed by atoms with E-state index in [2.05, 4.69) is 5.16 Å². The number of nitrogen functional groups attached to an aromatic ring is 1. The second kappa shape index (κ2) is 6.39. The van der Waals surface area contributed by atoms with Crippen LogP contribution < -0.4 is 5.73 Å². The van der Waals surface area contributed by atoms with Crippen LogP contribution in [0.25, 0.3) is 0 Å². The molecule has 0 spiro atoms. The fourth-order valence-corrected chi connectivity index (χ4v) is 2.05. The molecule has 0 bridgehead atoms. The molecule has 0 amide bonds. The van der Waals surface area contributed by atoms with Gasteiger partial charge < -0.3 is 10.6 Å². The molecule has 0 radical (unpaired) electrons. The summed E-state index contributed by atoms with van der Waals surface area (Å²) in [4.78, 5) is 5.26. The van der Waals surface area contributed by atoms with Crippen LogP contribution in [0.4, 0.5) is 10.1 Å². The Morgan fingerprint density at radius 3 is 2.57 bits per heavy atom. The first kappa shape index (κ1) is 15.0. The zero-order chi connectivity index (χ0) is 15.4. The monoisotopic (exact) mass is 286 g/mol. The third kappa shape index (κ3) is 3.81. The van der Waals surface area contributed by atoms with Crippen molar-refractivity contribution in [1.29, 1.82) is 0 Å². The van der Waals surface area contributed by atoms with Crippen LogP contribution in [0.1, 0.15) is 29.2 Å². The van der Waals surface area contributed by atoms with Gasteiger partial charge in [-0.3, -0.25) is 0 Å². The number of benzene rings is 2. The van der Waals surface area contributed by atoms with Crippen molar-refractivity contribution in [2.24, 2.45) is 5.16 Å². The highest BCUT2D eigenvalue weighted by Crippen LogP contribution is 2.16. The third-order valence-corrected chi connectivity index (χ3v) is 3.22. The molecule has 2 N–H and O–H groups in total. The van der Waals surface area contributed by atoms with Crippen LogP contribution in [-0.4, -0.2) is 5.71 Å². The maximum atomic E-state index is 13.6. The second-order valence-corrected chi connectivity index (χ2v) is 5.14. The number of nitrogens with zero attached hydrogens (tertiary/aromatic N) is 1. The van der Waals surface area contributed by atoms with Crippen molar-refractivity contribution in [3.8, 4) is 0 Å². The lowest BCUT2D eigenvalue weighted by atomic mass is 10.1. The molecular weight excluding hydrogens is 267 g/mol. The summed E-state index contributed by atoms with van der Waals surface area (Å²) in [6.07, 6.45) is 0. The van der Waals surface area contributed by atoms with E-state index in [1.54, 1.807) is 12.1 Å². The molecule has 21 heavy (non-hydrogen) atoms. The number of anilines is 1. The molecular formula is C17H19FN2O. The zero-order valence-electron chi connectivity index (χ0n) is 12.5. The molecule has 4 heteroatoms. The summed E-state index contributed by atoms with van der Waals surface area (Å²) in [5.41, 5.74) is 10.6. The molecule has 2 rings (SSSR count). The number of hydrogen-bond acceptors (Lipinski definition) is 3. The predicted molar refractivity (Wildman–Crippen MR) is 83.7 cm³/mol. The molecule has 0 aliphatic carbocycles. The van der Waals surface area contributed by atoms with Gasteiger partial charge in [-0.2, -0.15) is 0 Å². The first-order valence-electron chi connectivity index (χ1n) is 6.75. The lowest BCUT2D eigenvalue weighted by Gasteiger charge is -2.07. The first-order valence-corrected chi connectivity index (χ1v) is 6.75. The number of hydrogen-bond donors (Lipinski definition) is 1. The Labute approximate surface area is 124 Å². The third-order valence-electron chi connectivity index (χ3n) is 3.22. The maximum Gasteiger partial charge on any atom is 0.145 e. The van der Waals surface area contributed by atoms with E-state index in [-0.39, 0.29) is 12.4 Å². The summed E-state index contributed by atoms with van der Waals surface area (Å²) >= 11 is 0. The Morgan fingerprint density at radius 2 is 1.81 bits per heavy atom. The van der Waals surface area contributed by atoms with Crippen molar-refractivity contribution in [1.82, 2.24) is 0 Å². The number of oxime groups is 1.